The molecule has 0 saturated carbocycles. The van der Waals surface area contributed by atoms with Crippen LogP contribution >= 0.6 is 34.9 Å². The molecule has 0 amide bonds. The largest absolute Gasteiger partial charge is 0.459 e. The first-order valence-corrected chi connectivity index (χ1v) is 15.3. The Morgan fingerprint density at radius 1 is 1.05 bits per heavy atom. The minimum atomic E-state index is -0.644. The Hall–Kier alpha value is -3.27. The zero-order chi connectivity index (χ0) is 27.7. The molecule has 1 aliphatic heterocycles. The summed E-state index contributed by atoms with van der Waals surface area (Å²) >= 11 is 4.44. The molecule has 1 atom stereocenters. The van der Waals surface area contributed by atoms with Gasteiger partial charge in [-0.05, 0) is 75.9 Å². The number of hydrogen-bond donors (Lipinski definition) is 0. The summed E-state index contributed by atoms with van der Waals surface area (Å²) in [5.41, 5.74) is 2.70. The number of furan rings is 1. The molecule has 6 nitrogen and oxygen atoms in total. The second-order valence-corrected chi connectivity index (χ2v) is 12.3. The van der Waals surface area contributed by atoms with Crippen LogP contribution in [0.1, 0.15) is 43.7 Å². The number of aryl methyl sites for hydroxylation is 1. The third-order valence-corrected chi connectivity index (χ3v) is 8.79. The highest BCUT2D eigenvalue weighted by atomic mass is 32.2. The molecule has 0 aliphatic carbocycles. The normalized spacial score (nSPS) is 15.4. The Morgan fingerprint density at radius 2 is 1.74 bits per heavy atom. The summed E-state index contributed by atoms with van der Waals surface area (Å²) in [6, 6.07) is 19.2. The lowest BCUT2D eigenvalue weighted by Crippen LogP contribution is -2.40. The third kappa shape index (κ3) is 5.85. The van der Waals surface area contributed by atoms with E-state index >= 15 is 0 Å². The minimum absolute atomic E-state index is 0.232. The Bertz CT molecular complexity index is 1730. The van der Waals surface area contributed by atoms with E-state index in [1.54, 1.807) is 43.2 Å². The number of rotatable bonds is 7. The number of esters is 1. The van der Waals surface area contributed by atoms with Gasteiger partial charge in [-0.2, -0.15) is 0 Å². The zero-order valence-electron chi connectivity index (χ0n) is 22.3. The Kier molecular flexibility index (Phi) is 8.02. The fourth-order valence-electron chi connectivity index (χ4n) is 4.28. The van der Waals surface area contributed by atoms with Crippen LogP contribution in [0, 0.1) is 6.92 Å². The molecule has 3 heterocycles. The van der Waals surface area contributed by atoms with E-state index in [1.165, 1.54) is 28.7 Å². The van der Waals surface area contributed by atoms with E-state index in [2.05, 4.69) is 36.2 Å². The molecule has 200 valence electrons. The van der Waals surface area contributed by atoms with Crippen LogP contribution in [0.25, 0.3) is 6.08 Å². The van der Waals surface area contributed by atoms with Gasteiger partial charge in [-0.1, -0.05) is 52.9 Å². The van der Waals surface area contributed by atoms with Gasteiger partial charge in [-0.25, -0.2) is 9.79 Å². The number of ether oxygens (including phenoxy) is 1. The van der Waals surface area contributed by atoms with Crippen molar-refractivity contribution in [3.05, 3.63) is 109 Å². The summed E-state index contributed by atoms with van der Waals surface area (Å²) in [5, 5.41) is 0.735. The van der Waals surface area contributed by atoms with Crippen molar-refractivity contribution in [3.8, 4) is 0 Å². The monoisotopic (exact) mass is 576 g/mol. The van der Waals surface area contributed by atoms with Crippen LogP contribution in [0.2, 0.25) is 0 Å². The van der Waals surface area contributed by atoms with E-state index in [9.17, 15) is 9.59 Å². The lowest BCUT2D eigenvalue weighted by molar-refractivity contribution is -0.143. The molecule has 0 bridgehead atoms. The predicted molar refractivity (Wildman–Crippen MR) is 157 cm³/mol. The molecule has 0 N–H and O–H groups in total. The molecule has 5 rings (SSSR count). The van der Waals surface area contributed by atoms with E-state index in [-0.39, 0.29) is 11.7 Å². The van der Waals surface area contributed by atoms with Gasteiger partial charge in [0.15, 0.2) is 9.89 Å². The second kappa shape index (κ2) is 11.5. The molecule has 2 aromatic carbocycles. The number of nitrogens with zero attached hydrogens (tertiary/aromatic N) is 2. The molecule has 39 heavy (non-hydrogen) atoms. The van der Waals surface area contributed by atoms with Gasteiger partial charge in [-0.15, -0.1) is 11.8 Å². The van der Waals surface area contributed by atoms with Crippen LogP contribution in [0.4, 0.5) is 0 Å². The highest BCUT2D eigenvalue weighted by Crippen LogP contribution is 2.32. The first-order chi connectivity index (χ1) is 18.7. The topological polar surface area (TPSA) is 73.8 Å². The van der Waals surface area contributed by atoms with Crippen molar-refractivity contribution in [2.75, 3.05) is 6.26 Å². The van der Waals surface area contributed by atoms with E-state index < -0.39 is 12.0 Å². The Labute approximate surface area is 239 Å². The van der Waals surface area contributed by atoms with Crippen LogP contribution in [0.15, 0.2) is 101 Å². The Morgan fingerprint density at radius 3 is 2.41 bits per heavy atom. The maximum Gasteiger partial charge on any atom is 0.338 e. The molecule has 4 aromatic rings. The molecule has 0 unspecified atom stereocenters. The van der Waals surface area contributed by atoms with Crippen LogP contribution in [0.5, 0.6) is 0 Å². The maximum absolute atomic E-state index is 13.8. The summed E-state index contributed by atoms with van der Waals surface area (Å²) in [4.78, 5) is 34.4. The first-order valence-electron chi connectivity index (χ1n) is 12.5. The van der Waals surface area contributed by atoms with Crippen molar-refractivity contribution >= 4 is 46.9 Å². The van der Waals surface area contributed by atoms with Gasteiger partial charge >= 0.3 is 5.97 Å². The number of hydrogen-bond acceptors (Lipinski definition) is 8. The standard InChI is InChI=1S/C30H28N2O4S3/c1-17(2)35-29(34)26-19(4)31-30-32(27(26)20-8-13-22(37-5)14-9-20)28(33)24(39-30)16-21-10-15-25(36-21)38-23-11-6-18(3)7-12-23/h6-17,27H,1-5H3/b24-16-/t27-/m1/s1. The van der Waals surface area contributed by atoms with Crippen molar-refractivity contribution in [2.45, 2.75) is 54.7 Å². The summed E-state index contributed by atoms with van der Waals surface area (Å²) < 4.78 is 13.7. The number of aromatic nitrogens is 1. The number of allylic oxidation sites excluding steroid dienone is 1. The predicted octanol–water partition coefficient (Wildman–Crippen LogP) is 5.96. The zero-order valence-corrected chi connectivity index (χ0v) is 24.7. The summed E-state index contributed by atoms with van der Waals surface area (Å²) in [5.74, 6) is 0.106. The first kappa shape index (κ1) is 27.3. The van der Waals surface area contributed by atoms with Gasteiger partial charge in [0.25, 0.3) is 5.56 Å². The highest BCUT2D eigenvalue weighted by Gasteiger charge is 2.33. The number of carbonyl (C=O) groups excluding carboxylic acids is 1. The van der Waals surface area contributed by atoms with Crippen molar-refractivity contribution < 1.29 is 13.9 Å². The summed E-state index contributed by atoms with van der Waals surface area (Å²) in [7, 11) is 0. The third-order valence-electron chi connectivity index (χ3n) is 6.13. The van der Waals surface area contributed by atoms with Crippen LogP contribution in [0.3, 0.4) is 0 Å². The minimum Gasteiger partial charge on any atom is -0.459 e. The van der Waals surface area contributed by atoms with Gasteiger partial charge in [0.1, 0.15) is 5.76 Å². The van der Waals surface area contributed by atoms with Crippen LogP contribution in [-0.2, 0) is 9.53 Å². The average Bonchev–Trinajstić information content (AvgIpc) is 3.47. The number of thioether (sulfide) groups is 1. The van der Waals surface area contributed by atoms with Gasteiger partial charge in [-0.3, -0.25) is 9.36 Å². The molecule has 0 spiro atoms. The molecule has 2 aromatic heterocycles. The van der Waals surface area contributed by atoms with E-state index in [1.807, 2.05) is 42.7 Å². The van der Waals surface area contributed by atoms with E-state index in [0.717, 1.165) is 20.4 Å². The van der Waals surface area contributed by atoms with Crippen LogP contribution < -0.4 is 14.9 Å². The number of benzene rings is 2. The molecule has 0 saturated heterocycles. The SMILES string of the molecule is CSc1ccc([C@@H]2C(C(=O)OC(C)C)=C(C)N=c3s/c(=C\c4ccc(Sc5ccc(C)cc5)o4)c(=O)n32)cc1. The molecule has 0 fully saturated rings. The fourth-order valence-corrected chi connectivity index (χ4v) is 6.49. The lowest BCUT2D eigenvalue weighted by Gasteiger charge is -2.25. The number of fused-ring (bicyclic) bond motifs is 1. The van der Waals surface area contributed by atoms with Crippen molar-refractivity contribution in [1.29, 1.82) is 0 Å². The molecule has 9 heteroatoms. The molecule has 0 radical (unpaired) electrons. The fraction of sp³-hybridized carbons (Fsp3) is 0.233. The highest BCUT2D eigenvalue weighted by molar-refractivity contribution is 7.99. The van der Waals surface area contributed by atoms with Gasteiger partial charge in [0.05, 0.1) is 27.9 Å². The molecular formula is C30H28N2O4S3. The quantitative estimate of drug-likeness (QED) is 0.200. The average molecular weight is 577 g/mol. The summed E-state index contributed by atoms with van der Waals surface area (Å²) in [6.07, 6.45) is 3.45. The maximum atomic E-state index is 13.8. The summed E-state index contributed by atoms with van der Waals surface area (Å²) in [6.45, 7) is 7.45. The number of carbonyl (C=O) groups is 1. The van der Waals surface area contributed by atoms with Gasteiger partial charge in [0, 0.05) is 15.9 Å². The molecule has 1 aliphatic rings. The van der Waals surface area contributed by atoms with Gasteiger partial charge in [0.2, 0.25) is 0 Å². The van der Waals surface area contributed by atoms with E-state index in [0.29, 0.717) is 26.4 Å². The second-order valence-electron chi connectivity index (χ2n) is 9.38. The van der Waals surface area contributed by atoms with Gasteiger partial charge < -0.3 is 9.15 Å². The van der Waals surface area contributed by atoms with E-state index in [4.69, 9.17) is 9.15 Å². The smallest absolute Gasteiger partial charge is 0.338 e. The van der Waals surface area contributed by atoms with Crippen LogP contribution in [-0.4, -0.2) is 22.9 Å². The van der Waals surface area contributed by atoms with Crippen molar-refractivity contribution in [2.24, 2.45) is 4.99 Å². The Balaban J connectivity index is 1.56. The van der Waals surface area contributed by atoms with Crippen molar-refractivity contribution in [1.82, 2.24) is 4.57 Å². The van der Waals surface area contributed by atoms with Crippen molar-refractivity contribution in [3.63, 3.8) is 0 Å². The number of thiazole rings is 1. The lowest BCUT2D eigenvalue weighted by atomic mass is 9.96. The molecular weight excluding hydrogens is 549 g/mol.